The molecule has 5 aromatic rings. The highest BCUT2D eigenvalue weighted by molar-refractivity contribution is 5.96. The minimum atomic E-state index is -0.992. The largest absolute Gasteiger partial charge is 0.444 e. The maximum Gasteiger partial charge on any atom is 0.410 e. The predicted octanol–water partition coefficient (Wildman–Crippen LogP) is 7.04. The number of fused-ring (bicyclic) bond motifs is 2. The number of unbranched alkanes of at least 4 members (excludes halogenated alkanes) is 2. The number of carbonyl (C=O) groups excluding carboxylic acids is 8. The molecule has 8 N–H and O–H groups in total. The lowest BCUT2D eigenvalue weighted by atomic mass is 9.93. The fourth-order valence-corrected chi connectivity index (χ4v) is 14.6. The Hall–Kier alpha value is -8.78. The van der Waals surface area contributed by atoms with Crippen LogP contribution >= 0.6 is 0 Å². The number of benzene rings is 3. The molecule has 0 aliphatic carbocycles. The number of nitrogens with two attached hydrogens (primary N) is 2. The summed E-state index contributed by atoms with van der Waals surface area (Å²) in [7, 11) is 3.02. The smallest absolute Gasteiger partial charge is 0.410 e. The monoisotopic (exact) mass is 1380 g/mol. The van der Waals surface area contributed by atoms with Crippen molar-refractivity contribution in [3.8, 4) is 0 Å². The number of nitrogens with zero attached hydrogens (tertiary/aromatic N) is 10. The number of likely N-dealkylation sites (N-methyl/N-ethyl adjacent to an activating group) is 2. The van der Waals surface area contributed by atoms with E-state index in [1.54, 1.807) is 74.6 Å². The summed E-state index contributed by atoms with van der Waals surface area (Å²) < 4.78 is 14.7. The standard InChI is InChI=1S/C74H106N16O10/c1-11-57(85(9)71(97)99-73(3,4)5)65(91)79-63-51(43-75)33-35-53-37-39-59(89(53)69(63)95)67(93)77-61(49-25-15-13-16-26-49)55-45-87(83-81-55)41-21-19-23-47-29-31-48(32-30-47)24-20-22-42-88-46-56(82-84-88)62(50-27-17-14-18-28-50)78-68(94)60-40-38-54-36-34-52(44-76)64(70(96)90(54)60)80-66(92)58(12-2)86(10)72(98)100-74(6,7)8/h13-18,25-32,45-46,51-54,57-64H,11-12,19-24,33-44,75-76H2,1-10H3,(H,77,93)(H,78,94)(H,79,91)(H,80,92)/t51-,52-,53+,54+,57+,58+,59+,60+,61+,62+,63+,64+/m1/s1. The highest BCUT2D eigenvalue weighted by Crippen LogP contribution is 2.37. The number of carbonyl (C=O) groups is 8. The zero-order valence-corrected chi connectivity index (χ0v) is 60.0. The van der Waals surface area contributed by atoms with E-state index in [1.807, 2.05) is 73.1 Å². The van der Waals surface area contributed by atoms with E-state index in [0.717, 1.165) is 49.7 Å². The highest BCUT2D eigenvalue weighted by atomic mass is 16.6. The first-order valence-electron chi connectivity index (χ1n) is 35.9. The van der Waals surface area contributed by atoms with Gasteiger partial charge in [0.05, 0.1) is 24.5 Å². The molecule has 4 aliphatic heterocycles. The lowest BCUT2D eigenvalue weighted by molar-refractivity contribution is -0.144. The van der Waals surface area contributed by atoms with Crippen LogP contribution in [0.4, 0.5) is 9.59 Å². The van der Waals surface area contributed by atoms with Gasteiger partial charge in [0.2, 0.25) is 35.4 Å². The number of aromatic nitrogens is 6. The molecule has 4 fully saturated rings. The van der Waals surface area contributed by atoms with Gasteiger partial charge < -0.3 is 52.0 Å². The molecule has 0 saturated carbocycles. The third-order valence-corrected chi connectivity index (χ3v) is 20.0. The predicted molar refractivity (Wildman–Crippen MR) is 376 cm³/mol. The average Bonchev–Trinajstić information content (AvgIpc) is 1.63. The molecule has 9 rings (SSSR count). The fourth-order valence-electron chi connectivity index (χ4n) is 14.6. The van der Waals surface area contributed by atoms with Crippen LogP contribution in [0, 0.1) is 11.8 Å². The van der Waals surface area contributed by atoms with E-state index >= 15 is 0 Å². The minimum absolute atomic E-state index is 0.152. The molecule has 3 aromatic carbocycles. The number of ether oxygens (including phenoxy) is 2. The second-order valence-electron chi connectivity index (χ2n) is 29.4. The summed E-state index contributed by atoms with van der Waals surface area (Å²) in [5.41, 5.74) is 16.2. The number of rotatable bonds is 28. The van der Waals surface area contributed by atoms with Crippen molar-refractivity contribution in [3.05, 3.63) is 131 Å². The Balaban J connectivity index is 0.746. The summed E-state index contributed by atoms with van der Waals surface area (Å²) in [4.78, 5) is 118. The van der Waals surface area contributed by atoms with E-state index in [1.165, 1.54) is 35.0 Å². The van der Waals surface area contributed by atoms with E-state index in [0.29, 0.717) is 75.8 Å². The molecule has 4 saturated heterocycles. The maximum atomic E-state index is 14.7. The van der Waals surface area contributed by atoms with Crippen LogP contribution < -0.4 is 32.7 Å². The minimum Gasteiger partial charge on any atom is -0.444 e. The molecular weight excluding hydrogens is 1270 g/mol. The quantitative estimate of drug-likeness (QED) is 0.0273. The van der Waals surface area contributed by atoms with Crippen molar-refractivity contribution in [1.29, 1.82) is 0 Å². The molecule has 6 heterocycles. The zero-order valence-electron chi connectivity index (χ0n) is 60.0. The molecule has 0 unspecified atom stereocenters. The van der Waals surface area contributed by atoms with Gasteiger partial charge in [0.25, 0.3) is 0 Å². The van der Waals surface area contributed by atoms with Gasteiger partial charge in [-0.1, -0.05) is 109 Å². The van der Waals surface area contributed by atoms with Crippen molar-refractivity contribution in [2.75, 3.05) is 27.2 Å². The van der Waals surface area contributed by atoms with Crippen LogP contribution in [0.2, 0.25) is 0 Å². The molecule has 12 atom stereocenters. The molecule has 2 aromatic heterocycles. The highest BCUT2D eigenvalue weighted by Gasteiger charge is 2.50. The van der Waals surface area contributed by atoms with Gasteiger partial charge in [-0.15, -0.1) is 10.2 Å². The second kappa shape index (κ2) is 34.1. The first kappa shape index (κ1) is 75.4. The zero-order chi connectivity index (χ0) is 72.0. The SMILES string of the molecule is CC[C@@H](C(=O)N[C@@H]1C(=O)N2[C@@H](CC[C@@H]1CN)CC[C@H]2C(=O)N[C@@H](c1ccccc1)c1cn(CCCCc2ccc(CCCCn3cc([C@@H](NC(=O)[C@@H]4CC[C@@H]5CC[C@H](CN)[C@H](NC(=O)[C@H](CC)N(C)C(=O)OC(C)(C)C)C(=O)N54)c4ccccc4)nn3)cc2)nn1)N(C)C(=O)OC(C)(C)C. The van der Waals surface area contributed by atoms with Crippen molar-refractivity contribution < 1.29 is 47.8 Å². The van der Waals surface area contributed by atoms with Gasteiger partial charge in [0, 0.05) is 51.1 Å². The molecule has 100 heavy (non-hydrogen) atoms. The number of amides is 8. The Bertz CT molecular complexity index is 3340. The molecule has 8 amide bonds. The second-order valence-corrected chi connectivity index (χ2v) is 29.4. The summed E-state index contributed by atoms with van der Waals surface area (Å²) in [5.74, 6) is -3.11. The topological polar surface area (TPSA) is 330 Å². The van der Waals surface area contributed by atoms with Gasteiger partial charge in [-0.2, -0.15) is 0 Å². The van der Waals surface area contributed by atoms with Crippen LogP contribution in [-0.4, -0.2) is 184 Å². The van der Waals surface area contributed by atoms with Gasteiger partial charge in [0.1, 0.15) is 58.8 Å². The number of hydrogen-bond donors (Lipinski definition) is 6. The third kappa shape index (κ3) is 19.0. The van der Waals surface area contributed by atoms with Crippen molar-refractivity contribution in [2.45, 2.75) is 243 Å². The average molecular weight is 1380 g/mol. The van der Waals surface area contributed by atoms with Crippen LogP contribution in [0.25, 0.3) is 0 Å². The maximum absolute atomic E-state index is 14.7. The van der Waals surface area contributed by atoms with Gasteiger partial charge in [-0.05, 0) is 180 Å². The molecule has 4 aliphatic rings. The number of hydrogen-bond acceptors (Lipinski definition) is 16. The van der Waals surface area contributed by atoms with Crippen LogP contribution in [0.5, 0.6) is 0 Å². The van der Waals surface area contributed by atoms with Crippen molar-refractivity contribution in [3.63, 3.8) is 0 Å². The number of nitrogens with one attached hydrogen (secondary N) is 4. The Labute approximate surface area is 588 Å². The van der Waals surface area contributed by atoms with Crippen LogP contribution in [-0.2, 0) is 64.2 Å². The van der Waals surface area contributed by atoms with Gasteiger partial charge in [-0.25, -0.2) is 9.59 Å². The summed E-state index contributed by atoms with van der Waals surface area (Å²) in [6, 6.07) is 20.8. The van der Waals surface area contributed by atoms with E-state index in [-0.39, 0.29) is 73.5 Å². The summed E-state index contributed by atoms with van der Waals surface area (Å²) in [5, 5.41) is 30.5. The summed E-state index contributed by atoms with van der Waals surface area (Å²) in [6.45, 7) is 15.6. The first-order chi connectivity index (χ1) is 47.8. The van der Waals surface area contributed by atoms with Gasteiger partial charge >= 0.3 is 12.2 Å². The van der Waals surface area contributed by atoms with E-state index in [2.05, 4.69) is 66.2 Å². The molecule has 26 heteroatoms. The summed E-state index contributed by atoms with van der Waals surface area (Å²) >= 11 is 0. The molecule has 0 bridgehead atoms. The summed E-state index contributed by atoms with van der Waals surface area (Å²) in [6.07, 6.45) is 12.8. The molecular formula is C74H106N16O10. The van der Waals surface area contributed by atoms with Crippen molar-refractivity contribution in [2.24, 2.45) is 23.3 Å². The van der Waals surface area contributed by atoms with E-state index in [9.17, 15) is 38.4 Å². The van der Waals surface area contributed by atoms with Crippen LogP contribution in [0.1, 0.15) is 191 Å². The number of aryl methyl sites for hydroxylation is 4. The Morgan fingerprint density at radius 1 is 0.530 bits per heavy atom. The van der Waals surface area contributed by atoms with Gasteiger partial charge in [-0.3, -0.25) is 47.9 Å². The Morgan fingerprint density at radius 2 is 0.890 bits per heavy atom. The Kier molecular flexibility index (Phi) is 25.7. The Morgan fingerprint density at radius 3 is 1.23 bits per heavy atom. The van der Waals surface area contributed by atoms with E-state index in [4.69, 9.17) is 20.9 Å². The molecule has 0 spiro atoms. The van der Waals surface area contributed by atoms with Crippen LogP contribution in [0.3, 0.4) is 0 Å². The molecule has 0 radical (unpaired) electrons. The lowest BCUT2D eigenvalue weighted by Crippen LogP contribution is -2.59. The van der Waals surface area contributed by atoms with E-state index < -0.39 is 83.5 Å². The van der Waals surface area contributed by atoms with Crippen LogP contribution in [0.15, 0.2) is 97.3 Å². The van der Waals surface area contributed by atoms with Crippen molar-refractivity contribution in [1.82, 2.24) is 70.9 Å². The van der Waals surface area contributed by atoms with Crippen molar-refractivity contribution >= 4 is 47.6 Å². The molecule has 26 nitrogen and oxygen atoms in total. The van der Waals surface area contributed by atoms with Gasteiger partial charge in [0.15, 0.2) is 0 Å². The third-order valence-electron chi connectivity index (χ3n) is 20.0. The molecule has 542 valence electrons. The fraction of sp³-hybridized carbons (Fsp3) is 0.595. The lowest BCUT2D eigenvalue weighted by Gasteiger charge is -2.34. The first-order valence-corrected chi connectivity index (χ1v) is 35.9. The normalized spacial score (nSPS) is 22.0.